The van der Waals surface area contributed by atoms with Crippen molar-refractivity contribution in [3.63, 3.8) is 0 Å². The van der Waals surface area contributed by atoms with Crippen LogP contribution in [0.25, 0.3) is 10.9 Å². The number of rotatable bonds is 7. The van der Waals surface area contributed by atoms with Crippen molar-refractivity contribution in [1.29, 1.82) is 5.26 Å². The molecular weight excluding hydrogens is 388 g/mol. The van der Waals surface area contributed by atoms with Gasteiger partial charge in [-0.3, -0.25) is 9.78 Å². The van der Waals surface area contributed by atoms with Crippen LogP contribution in [0.2, 0.25) is 0 Å². The Morgan fingerprint density at radius 2 is 1.90 bits per heavy atom. The molecule has 31 heavy (non-hydrogen) atoms. The SMILES string of the molecule is COc1cccc2c1cc(C(=O)NCCc1ccncc1)n2Cc1cccc(C#N)c1. The number of amides is 1. The molecule has 0 unspecified atom stereocenters. The first kappa shape index (κ1) is 20.2. The average molecular weight is 410 g/mol. The first-order valence-corrected chi connectivity index (χ1v) is 10.0. The molecule has 0 atom stereocenters. The number of aromatic nitrogens is 2. The molecule has 2 aromatic heterocycles. The Hall–Kier alpha value is -4.11. The zero-order chi connectivity index (χ0) is 21.6. The predicted molar refractivity (Wildman–Crippen MR) is 119 cm³/mol. The molecular formula is C25H22N4O2. The normalized spacial score (nSPS) is 10.6. The fourth-order valence-electron chi connectivity index (χ4n) is 3.68. The number of ether oxygens (including phenoxy) is 1. The van der Waals surface area contributed by atoms with Crippen LogP contribution in [-0.4, -0.2) is 29.1 Å². The van der Waals surface area contributed by atoms with Crippen molar-refractivity contribution < 1.29 is 9.53 Å². The fourth-order valence-corrected chi connectivity index (χ4v) is 3.68. The topological polar surface area (TPSA) is 79.9 Å². The number of carbonyl (C=O) groups excluding carboxylic acids is 1. The minimum absolute atomic E-state index is 0.149. The highest BCUT2D eigenvalue weighted by Gasteiger charge is 2.18. The third-order valence-corrected chi connectivity index (χ3v) is 5.20. The number of nitriles is 1. The van der Waals surface area contributed by atoms with Gasteiger partial charge in [0.05, 0.1) is 24.3 Å². The maximum Gasteiger partial charge on any atom is 0.267 e. The molecule has 0 spiro atoms. The summed E-state index contributed by atoms with van der Waals surface area (Å²) in [6, 6.07) is 21.1. The molecule has 0 saturated carbocycles. The van der Waals surface area contributed by atoms with E-state index in [1.807, 2.05) is 59.2 Å². The Balaban J connectivity index is 1.65. The molecule has 1 N–H and O–H groups in total. The molecule has 0 bridgehead atoms. The van der Waals surface area contributed by atoms with Crippen LogP contribution in [-0.2, 0) is 13.0 Å². The summed E-state index contributed by atoms with van der Waals surface area (Å²) in [5.41, 5.74) is 4.11. The molecule has 0 saturated heterocycles. The largest absolute Gasteiger partial charge is 0.496 e. The highest BCUT2D eigenvalue weighted by atomic mass is 16.5. The summed E-state index contributed by atoms with van der Waals surface area (Å²) < 4.78 is 7.48. The van der Waals surface area contributed by atoms with Crippen molar-refractivity contribution in [3.05, 3.63) is 95.4 Å². The molecule has 4 rings (SSSR count). The van der Waals surface area contributed by atoms with Gasteiger partial charge in [0, 0.05) is 30.9 Å². The van der Waals surface area contributed by atoms with Crippen molar-refractivity contribution in [2.75, 3.05) is 13.7 Å². The van der Waals surface area contributed by atoms with Crippen molar-refractivity contribution >= 4 is 16.8 Å². The van der Waals surface area contributed by atoms with Gasteiger partial charge in [0.1, 0.15) is 11.4 Å². The number of hydrogen-bond donors (Lipinski definition) is 1. The molecule has 0 aliphatic carbocycles. The summed E-state index contributed by atoms with van der Waals surface area (Å²) in [5.74, 6) is 0.566. The number of nitrogens with zero attached hydrogens (tertiary/aromatic N) is 3. The molecule has 0 fully saturated rings. The number of nitrogens with one attached hydrogen (secondary N) is 1. The predicted octanol–water partition coefficient (Wildman–Crippen LogP) is 3.94. The van der Waals surface area contributed by atoms with Gasteiger partial charge in [0.15, 0.2) is 0 Å². The molecule has 6 nitrogen and oxygen atoms in total. The van der Waals surface area contributed by atoms with Crippen LogP contribution in [0.1, 0.15) is 27.2 Å². The molecule has 0 aliphatic heterocycles. The summed E-state index contributed by atoms with van der Waals surface area (Å²) in [6.45, 7) is 0.991. The lowest BCUT2D eigenvalue weighted by atomic mass is 10.1. The van der Waals surface area contributed by atoms with Crippen molar-refractivity contribution in [1.82, 2.24) is 14.9 Å². The van der Waals surface area contributed by atoms with E-state index in [9.17, 15) is 10.1 Å². The molecule has 154 valence electrons. The summed E-state index contributed by atoms with van der Waals surface area (Å²) in [4.78, 5) is 17.1. The molecule has 4 aromatic rings. The summed E-state index contributed by atoms with van der Waals surface area (Å²) >= 11 is 0. The van der Waals surface area contributed by atoms with Gasteiger partial charge in [-0.1, -0.05) is 18.2 Å². The van der Waals surface area contributed by atoms with Gasteiger partial charge in [-0.05, 0) is 60.0 Å². The van der Waals surface area contributed by atoms with E-state index in [0.29, 0.717) is 30.1 Å². The lowest BCUT2D eigenvalue weighted by molar-refractivity contribution is 0.0946. The van der Waals surface area contributed by atoms with E-state index in [4.69, 9.17) is 4.74 Å². The minimum atomic E-state index is -0.149. The van der Waals surface area contributed by atoms with E-state index in [-0.39, 0.29) is 5.91 Å². The van der Waals surface area contributed by atoms with E-state index in [1.165, 1.54) is 0 Å². The molecule has 1 amide bonds. The van der Waals surface area contributed by atoms with Crippen molar-refractivity contribution in [2.24, 2.45) is 0 Å². The van der Waals surface area contributed by atoms with E-state index in [1.54, 1.807) is 25.6 Å². The molecule has 2 heterocycles. The van der Waals surface area contributed by atoms with Crippen LogP contribution in [0, 0.1) is 11.3 Å². The monoisotopic (exact) mass is 410 g/mol. The molecule has 6 heteroatoms. The smallest absolute Gasteiger partial charge is 0.267 e. The van der Waals surface area contributed by atoms with Gasteiger partial charge >= 0.3 is 0 Å². The van der Waals surface area contributed by atoms with E-state index in [0.717, 1.165) is 28.5 Å². The van der Waals surface area contributed by atoms with Gasteiger partial charge in [-0.2, -0.15) is 5.26 Å². The Bertz CT molecular complexity index is 1260. The van der Waals surface area contributed by atoms with Gasteiger partial charge in [-0.25, -0.2) is 0 Å². The average Bonchev–Trinajstić information content (AvgIpc) is 3.18. The first-order valence-electron chi connectivity index (χ1n) is 10.0. The van der Waals surface area contributed by atoms with Gasteiger partial charge in [-0.15, -0.1) is 0 Å². The maximum atomic E-state index is 13.1. The van der Waals surface area contributed by atoms with Crippen LogP contribution >= 0.6 is 0 Å². The van der Waals surface area contributed by atoms with Gasteiger partial charge in [0.2, 0.25) is 0 Å². The summed E-state index contributed by atoms with van der Waals surface area (Å²) in [5, 5.41) is 13.1. The van der Waals surface area contributed by atoms with E-state index < -0.39 is 0 Å². The fraction of sp³-hybridized carbons (Fsp3) is 0.160. The Kier molecular flexibility index (Phi) is 5.95. The van der Waals surface area contributed by atoms with Crippen molar-refractivity contribution in [3.8, 4) is 11.8 Å². The summed E-state index contributed by atoms with van der Waals surface area (Å²) in [7, 11) is 1.62. The lowest BCUT2D eigenvalue weighted by Gasteiger charge is -2.12. The van der Waals surface area contributed by atoms with Crippen molar-refractivity contribution in [2.45, 2.75) is 13.0 Å². The summed E-state index contributed by atoms with van der Waals surface area (Å²) in [6.07, 6.45) is 4.22. The molecule has 0 aliphatic rings. The second-order valence-electron chi connectivity index (χ2n) is 7.18. The van der Waals surface area contributed by atoms with Crippen LogP contribution in [0.3, 0.4) is 0 Å². The lowest BCUT2D eigenvalue weighted by Crippen LogP contribution is -2.28. The van der Waals surface area contributed by atoms with Crippen LogP contribution in [0.4, 0.5) is 0 Å². The zero-order valence-corrected chi connectivity index (χ0v) is 17.2. The number of fused-ring (bicyclic) bond motifs is 1. The van der Waals surface area contributed by atoms with Crippen LogP contribution in [0.5, 0.6) is 5.75 Å². The van der Waals surface area contributed by atoms with Crippen LogP contribution in [0.15, 0.2) is 73.1 Å². The number of benzene rings is 2. The molecule has 2 aromatic carbocycles. The Morgan fingerprint density at radius 3 is 2.68 bits per heavy atom. The van der Waals surface area contributed by atoms with E-state index >= 15 is 0 Å². The molecule has 0 radical (unpaired) electrons. The maximum absolute atomic E-state index is 13.1. The van der Waals surface area contributed by atoms with Gasteiger partial charge in [0.25, 0.3) is 5.91 Å². The highest BCUT2D eigenvalue weighted by molar-refractivity contribution is 6.00. The number of hydrogen-bond acceptors (Lipinski definition) is 4. The zero-order valence-electron chi connectivity index (χ0n) is 17.2. The third-order valence-electron chi connectivity index (χ3n) is 5.20. The van der Waals surface area contributed by atoms with Crippen LogP contribution < -0.4 is 10.1 Å². The Morgan fingerprint density at radius 1 is 1.10 bits per heavy atom. The first-order chi connectivity index (χ1) is 15.2. The number of pyridine rings is 1. The quantitative estimate of drug-likeness (QED) is 0.500. The second-order valence-corrected chi connectivity index (χ2v) is 7.18. The standard InChI is InChI=1S/C25H22N4O2/c1-31-24-7-3-6-22-21(24)15-23(25(30)28-13-10-18-8-11-27-12-9-18)29(22)17-20-5-2-4-19(14-20)16-26/h2-9,11-12,14-15H,10,13,17H2,1H3,(H,28,30). The third kappa shape index (κ3) is 4.41. The second kappa shape index (κ2) is 9.14. The highest BCUT2D eigenvalue weighted by Crippen LogP contribution is 2.29. The van der Waals surface area contributed by atoms with Gasteiger partial charge < -0.3 is 14.6 Å². The van der Waals surface area contributed by atoms with E-state index in [2.05, 4.69) is 16.4 Å². The Labute approximate surface area is 180 Å². The number of methoxy groups -OCH3 is 1. The number of carbonyl (C=O) groups is 1. The minimum Gasteiger partial charge on any atom is -0.496 e.